The smallest absolute Gasteiger partial charge is 0.224 e. The second-order valence-corrected chi connectivity index (χ2v) is 5.78. The average Bonchev–Trinajstić information content (AvgIpc) is 2.48. The van der Waals surface area contributed by atoms with Crippen molar-refractivity contribution in [3.63, 3.8) is 0 Å². The number of rotatable bonds is 4. The van der Waals surface area contributed by atoms with Crippen LogP contribution in [0.3, 0.4) is 0 Å². The maximum Gasteiger partial charge on any atom is 0.224 e. The number of carbonyl (C=O) groups is 2. The summed E-state index contributed by atoms with van der Waals surface area (Å²) in [6.07, 6.45) is 3.71. The largest absolute Gasteiger partial charge is 0.343 e. The molecule has 5 heteroatoms. The Bertz CT molecular complexity index is 513. The van der Waals surface area contributed by atoms with Crippen LogP contribution >= 0.6 is 11.6 Å². The van der Waals surface area contributed by atoms with Crippen LogP contribution in [-0.2, 0) is 9.59 Å². The standard InChI is InChI=1S/C16H21ClN2O2/c1-13(20)19(15-7-5-6-14(17)12-15)11-8-16(21)18-9-3-2-4-10-18/h5-7,12H,2-4,8-11H2,1H3. The van der Waals surface area contributed by atoms with Crippen molar-refractivity contribution in [2.45, 2.75) is 32.6 Å². The van der Waals surface area contributed by atoms with E-state index >= 15 is 0 Å². The highest BCUT2D eigenvalue weighted by molar-refractivity contribution is 6.30. The Morgan fingerprint density at radius 3 is 2.57 bits per heavy atom. The first-order valence-electron chi connectivity index (χ1n) is 7.39. The number of hydrogen-bond acceptors (Lipinski definition) is 2. The summed E-state index contributed by atoms with van der Waals surface area (Å²) in [4.78, 5) is 27.5. The lowest BCUT2D eigenvalue weighted by Crippen LogP contribution is -2.38. The molecule has 1 aromatic rings. The molecule has 2 rings (SSSR count). The van der Waals surface area contributed by atoms with Crippen LogP contribution in [0.1, 0.15) is 32.6 Å². The van der Waals surface area contributed by atoms with Gasteiger partial charge < -0.3 is 9.80 Å². The SMILES string of the molecule is CC(=O)N(CCC(=O)N1CCCCC1)c1cccc(Cl)c1. The number of hydrogen-bond donors (Lipinski definition) is 0. The monoisotopic (exact) mass is 308 g/mol. The highest BCUT2D eigenvalue weighted by atomic mass is 35.5. The maximum absolute atomic E-state index is 12.2. The molecule has 0 N–H and O–H groups in total. The van der Waals surface area contributed by atoms with Gasteiger partial charge in [0.25, 0.3) is 0 Å². The third-order valence-electron chi connectivity index (χ3n) is 3.76. The van der Waals surface area contributed by atoms with Crippen molar-refractivity contribution in [3.8, 4) is 0 Å². The van der Waals surface area contributed by atoms with Crippen LogP contribution in [0.25, 0.3) is 0 Å². The highest BCUT2D eigenvalue weighted by Crippen LogP contribution is 2.20. The number of piperidine rings is 1. The van der Waals surface area contributed by atoms with Crippen LogP contribution in [0.4, 0.5) is 5.69 Å². The molecule has 0 atom stereocenters. The zero-order valence-corrected chi connectivity index (χ0v) is 13.1. The number of benzene rings is 1. The van der Waals surface area contributed by atoms with E-state index in [1.807, 2.05) is 11.0 Å². The zero-order valence-electron chi connectivity index (χ0n) is 12.3. The Hall–Kier alpha value is -1.55. The van der Waals surface area contributed by atoms with Crippen molar-refractivity contribution < 1.29 is 9.59 Å². The molecule has 21 heavy (non-hydrogen) atoms. The van der Waals surface area contributed by atoms with Gasteiger partial charge in [0, 0.05) is 43.7 Å². The third-order valence-corrected chi connectivity index (χ3v) is 3.99. The molecule has 114 valence electrons. The molecule has 0 aromatic heterocycles. The van der Waals surface area contributed by atoms with Crippen molar-refractivity contribution in [3.05, 3.63) is 29.3 Å². The summed E-state index contributed by atoms with van der Waals surface area (Å²) in [5.74, 6) is 0.0479. The molecule has 1 saturated heterocycles. The van der Waals surface area contributed by atoms with Crippen molar-refractivity contribution in [1.82, 2.24) is 4.90 Å². The minimum Gasteiger partial charge on any atom is -0.343 e. The molecule has 1 aromatic carbocycles. The molecule has 0 unspecified atom stereocenters. The Kier molecular flexibility index (Phi) is 5.62. The topological polar surface area (TPSA) is 40.6 Å². The first kappa shape index (κ1) is 15.8. The van der Waals surface area contributed by atoms with Crippen LogP contribution < -0.4 is 4.90 Å². The summed E-state index contributed by atoms with van der Waals surface area (Å²) in [6.45, 7) is 3.59. The quantitative estimate of drug-likeness (QED) is 0.857. The van der Waals surface area contributed by atoms with E-state index in [-0.39, 0.29) is 11.8 Å². The summed E-state index contributed by atoms with van der Waals surface area (Å²) < 4.78 is 0. The number of nitrogens with zero attached hydrogens (tertiary/aromatic N) is 2. The Labute approximate surface area is 130 Å². The third kappa shape index (κ3) is 4.46. The number of likely N-dealkylation sites (tertiary alicyclic amines) is 1. The molecule has 0 radical (unpaired) electrons. The summed E-state index contributed by atoms with van der Waals surface area (Å²) >= 11 is 5.96. The fourth-order valence-electron chi connectivity index (χ4n) is 2.62. The van der Waals surface area contributed by atoms with E-state index in [4.69, 9.17) is 11.6 Å². The molecule has 1 heterocycles. The van der Waals surface area contributed by atoms with Crippen LogP contribution in [0.15, 0.2) is 24.3 Å². The van der Waals surface area contributed by atoms with Crippen molar-refractivity contribution >= 4 is 29.1 Å². The summed E-state index contributed by atoms with van der Waals surface area (Å²) in [5, 5.41) is 0.584. The summed E-state index contributed by atoms with van der Waals surface area (Å²) in [6, 6.07) is 7.15. The summed E-state index contributed by atoms with van der Waals surface area (Å²) in [7, 11) is 0. The summed E-state index contributed by atoms with van der Waals surface area (Å²) in [5.41, 5.74) is 0.737. The van der Waals surface area contributed by atoms with Gasteiger partial charge in [-0.1, -0.05) is 17.7 Å². The second kappa shape index (κ2) is 7.46. The Morgan fingerprint density at radius 2 is 1.95 bits per heavy atom. The maximum atomic E-state index is 12.2. The van der Waals surface area contributed by atoms with E-state index in [0.717, 1.165) is 31.6 Å². The van der Waals surface area contributed by atoms with Crippen molar-refractivity contribution in [2.24, 2.45) is 0 Å². The normalized spacial score (nSPS) is 14.9. The van der Waals surface area contributed by atoms with Crippen LogP contribution in [0, 0.1) is 0 Å². The van der Waals surface area contributed by atoms with Gasteiger partial charge in [0.2, 0.25) is 11.8 Å². The van der Waals surface area contributed by atoms with E-state index in [1.54, 1.807) is 23.1 Å². The first-order chi connectivity index (χ1) is 10.1. The van der Waals surface area contributed by atoms with Crippen molar-refractivity contribution in [1.29, 1.82) is 0 Å². The number of amides is 2. The minimum absolute atomic E-state index is 0.0799. The van der Waals surface area contributed by atoms with E-state index in [2.05, 4.69) is 0 Å². The number of anilines is 1. The molecule has 4 nitrogen and oxygen atoms in total. The number of carbonyl (C=O) groups excluding carboxylic acids is 2. The van der Waals surface area contributed by atoms with E-state index in [0.29, 0.717) is 18.0 Å². The zero-order chi connectivity index (χ0) is 15.2. The van der Waals surface area contributed by atoms with Crippen LogP contribution in [-0.4, -0.2) is 36.3 Å². The van der Waals surface area contributed by atoms with Crippen molar-refractivity contribution in [2.75, 3.05) is 24.5 Å². The molecule has 1 fully saturated rings. The molecule has 0 saturated carbocycles. The molecule has 1 aliphatic rings. The van der Waals surface area contributed by atoms with E-state index < -0.39 is 0 Å². The fraction of sp³-hybridized carbons (Fsp3) is 0.500. The average molecular weight is 309 g/mol. The molecular formula is C16H21ClN2O2. The van der Waals surface area contributed by atoms with Gasteiger partial charge in [-0.25, -0.2) is 0 Å². The van der Waals surface area contributed by atoms with Gasteiger partial charge in [-0.15, -0.1) is 0 Å². The molecule has 0 spiro atoms. The first-order valence-corrected chi connectivity index (χ1v) is 7.77. The van der Waals surface area contributed by atoms with Gasteiger partial charge in [0.1, 0.15) is 0 Å². The molecule has 2 amide bonds. The number of halogens is 1. The fourth-order valence-corrected chi connectivity index (χ4v) is 2.81. The lowest BCUT2D eigenvalue weighted by atomic mass is 10.1. The molecular weight excluding hydrogens is 288 g/mol. The van der Waals surface area contributed by atoms with Crippen LogP contribution in [0.2, 0.25) is 5.02 Å². The second-order valence-electron chi connectivity index (χ2n) is 5.34. The predicted octanol–water partition coefficient (Wildman–Crippen LogP) is 3.10. The van der Waals surface area contributed by atoms with E-state index in [9.17, 15) is 9.59 Å². The van der Waals surface area contributed by atoms with Gasteiger partial charge in [-0.3, -0.25) is 9.59 Å². The van der Waals surface area contributed by atoms with E-state index in [1.165, 1.54) is 13.3 Å². The Balaban J connectivity index is 1.97. The molecule has 0 bridgehead atoms. The molecule has 0 aliphatic carbocycles. The van der Waals surface area contributed by atoms with Gasteiger partial charge in [0.05, 0.1) is 0 Å². The van der Waals surface area contributed by atoms with Crippen LogP contribution in [0.5, 0.6) is 0 Å². The lowest BCUT2D eigenvalue weighted by Gasteiger charge is -2.28. The van der Waals surface area contributed by atoms with Gasteiger partial charge in [-0.05, 0) is 37.5 Å². The van der Waals surface area contributed by atoms with Gasteiger partial charge in [-0.2, -0.15) is 0 Å². The van der Waals surface area contributed by atoms with Gasteiger partial charge in [0.15, 0.2) is 0 Å². The minimum atomic E-state index is -0.0799. The van der Waals surface area contributed by atoms with Gasteiger partial charge >= 0.3 is 0 Å². The highest BCUT2D eigenvalue weighted by Gasteiger charge is 2.19. The molecule has 1 aliphatic heterocycles. The lowest BCUT2D eigenvalue weighted by molar-refractivity contribution is -0.131. The Morgan fingerprint density at radius 1 is 1.24 bits per heavy atom. The predicted molar refractivity (Wildman–Crippen MR) is 84.5 cm³/mol.